The lowest BCUT2D eigenvalue weighted by molar-refractivity contribution is -0.128. The third kappa shape index (κ3) is 6.28. The average molecular weight is 429 g/mol. The molecule has 1 heterocycles. The molecule has 0 unspecified atom stereocenters. The van der Waals surface area contributed by atoms with Gasteiger partial charge in [-0.05, 0) is 23.3 Å². The summed E-state index contributed by atoms with van der Waals surface area (Å²) in [5, 5.41) is 2.97. The standard InChI is InChI=1S/C23H28N2O2S2/c1-23(2,3)29-14-13-24-21(27)18-9-11-19(12-10-18)22-25(20(26)16-28-22)15-17-7-5-4-6-8-17/h4-12,22H,13-16H2,1-3H3,(H,24,27)/t22-/m1/s1. The highest BCUT2D eigenvalue weighted by Crippen LogP contribution is 2.39. The fraction of sp³-hybridized carbons (Fsp3) is 0.391. The summed E-state index contributed by atoms with van der Waals surface area (Å²) in [6, 6.07) is 17.7. The van der Waals surface area contributed by atoms with Crippen LogP contribution in [0, 0.1) is 0 Å². The Hall–Kier alpha value is -1.92. The highest BCUT2D eigenvalue weighted by Gasteiger charge is 2.32. The monoisotopic (exact) mass is 428 g/mol. The van der Waals surface area contributed by atoms with Crippen LogP contribution < -0.4 is 5.32 Å². The molecule has 1 aliphatic heterocycles. The molecule has 1 aliphatic rings. The molecule has 3 rings (SSSR count). The minimum absolute atomic E-state index is 0.0111. The predicted molar refractivity (Wildman–Crippen MR) is 123 cm³/mol. The fourth-order valence-corrected chi connectivity index (χ4v) is 5.11. The molecule has 2 aromatic carbocycles. The van der Waals surface area contributed by atoms with Crippen molar-refractivity contribution in [1.29, 1.82) is 0 Å². The van der Waals surface area contributed by atoms with Gasteiger partial charge < -0.3 is 10.2 Å². The Balaban J connectivity index is 1.60. The van der Waals surface area contributed by atoms with Gasteiger partial charge in [0.2, 0.25) is 5.91 Å². The SMILES string of the molecule is CC(C)(C)SCCNC(=O)c1ccc([C@H]2SCC(=O)N2Cc2ccccc2)cc1. The van der Waals surface area contributed by atoms with E-state index in [1.165, 1.54) is 0 Å². The second-order valence-electron chi connectivity index (χ2n) is 8.01. The van der Waals surface area contributed by atoms with Crippen molar-refractivity contribution < 1.29 is 9.59 Å². The van der Waals surface area contributed by atoms with E-state index in [0.29, 0.717) is 24.4 Å². The summed E-state index contributed by atoms with van der Waals surface area (Å²) in [6.45, 7) is 7.77. The van der Waals surface area contributed by atoms with E-state index in [4.69, 9.17) is 0 Å². The first-order chi connectivity index (χ1) is 13.8. The van der Waals surface area contributed by atoms with Crippen molar-refractivity contribution in [3.05, 3.63) is 71.3 Å². The molecule has 1 saturated heterocycles. The van der Waals surface area contributed by atoms with Gasteiger partial charge >= 0.3 is 0 Å². The van der Waals surface area contributed by atoms with E-state index in [9.17, 15) is 9.59 Å². The molecule has 4 nitrogen and oxygen atoms in total. The van der Waals surface area contributed by atoms with Gasteiger partial charge in [0.15, 0.2) is 0 Å². The summed E-state index contributed by atoms with van der Waals surface area (Å²) in [6.07, 6.45) is 0. The number of nitrogens with one attached hydrogen (secondary N) is 1. The van der Waals surface area contributed by atoms with Gasteiger partial charge in [-0.25, -0.2) is 0 Å². The van der Waals surface area contributed by atoms with E-state index in [1.807, 2.05) is 71.3 Å². The lowest BCUT2D eigenvalue weighted by Crippen LogP contribution is -2.28. The lowest BCUT2D eigenvalue weighted by atomic mass is 10.1. The molecular weight excluding hydrogens is 400 g/mol. The first-order valence-corrected chi connectivity index (χ1v) is 11.8. The number of nitrogens with zero attached hydrogens (tertiary/aromatic N) is 1. The van der Waals surface area contributed by atoms with Crippen LogP contribution >= 0.6 is 23.5 Å². The van der Waals surface area contributed by atoms with Crippen molar-refractivity contribution in [1.82, 2.24) is 10.2 Å². The van der Waals surface area contributed by atoms with Crippen LogP contribution in [0.5, 0.6) is 0 Å². The summed E-state index contributed by atoms with van der Waals surface area (Å²) in [5.74, 6) is 1.48. The van der Waals surface area contributed by atoms with E-state index in [2.05, 4.69) is 26.1 Å². The van der Waals surface area contributed by atoms with Crippen LogP contribution in [0.3, 0.4) is 0 Å². The third-order valence-electron chi connectivity index (χ3n) is 4.54. The molecule has 0 aliphatic carbocycles. The Kier molecular flexibility index (Phi) is 7.30. The summed E-state index contributed by atoms with van der Waals surface area (Å²) in [7, 11) is 0. The van der Waals surface area contributed by atoms with Crippen LogP contribution in [0.25, 0.3) is 0 Å². The summed E-state index contributed by atoms with van der Waals surface area (Å²) >= 11 is 3.47. The number of thioether (sulfide) groups is 2. The van der Waals surface area contributed by atoms with Crippen LogP contribution in [-0.2, 0) is 11.3 Å². The zero-order chi connectivity index (χ0) is 20.9. The van der Waals surface area contributed by atoms with Crippen molar-refractivity contribution in [2.75, 3.05) is 18.1 Å². The van der Waals surface area contributed by atoms with Gasteiger partial charge in [-0.3, -0.25) is 9.59 Å². The molecule has 2 aromatic rings. The van der Waals surface area contributed by atoms with Crippen molar-refractivity contribution in [3.63, 3.8) is 0 Å². The lowest BCUT2D eigenvalue weighted by Gasteiger charge is -2.24. The number of amides is 2. The van der Waals surface area contributed by atoms with Gasteiger partial charge in [-0.15, -0.1) is 11.8 Å². The second kappa shape index (κ2) is 9.72. The molecule has 0 bridgehead atoms. The molecule has 6 heteroatoms. The van der Waals surface area contributed by atoms with Gasteiger partial charge in [-0.2, -0.15) is 11.8 Å². The Bertz CT molecular complexity index is 832. The number of rotatable bonds is 7. The molecule has 1 atom stereocenters. The maximum atomic E-state index is 12.4. The minimum Gasteiger partial charge on any atom is -0.351 e. The van der Waals surface area contributed by atoms with Crippen LogP contribution in [0.1, 0.15) is 47.6 Å². The molecular formula is C23H28N2O2S2. The number of carbonyl (C=O) groups is 2. The van der Waals surface area contributed by atoms with Crippen molar-refractivity contribution >= 4 is 35.3 Å². The smallest absolute Gasteiger partial charge is 0.251 e. The van der Waals surface area contributed by atoms with Gasteiger partial charge in [0, 0.05) is 29.2 Å². The van der Waals surface area contributed by atoms with Gasteiger partial charge in [0.25, 0.3) is 5.91 Å². The van der Waals surface area contributed by atoms with E-state index >= 15 is 0 Å². The van der Waals surface area contributed by atoms with Crippen LogP contribution in [0.2, 0.25) is 0 Å². The Labute approximate surface area is 181 Å². The first-order valence-electron chi connectivity index (χ1n) is 9.80. The molecule has 2 amide bonds. The first kappa shape index (κ1) is 21.8. The van der Waals surface area contributed by atoms with Crippen molar-refractivity contribution in [2.45, 2.75) is 37.4 Å². The Morgan fingerprint density at radius 3 is 2.48 bits per heavy atom. The van der Waals surface area contributed by atoms with Crippen LogP contribution in [0.15, 0.2) is 54.6 Å². The molecule has 0 aromatic heterocycles. The average Bonchev–Trinajstić information content (AvgIpc) is 3.06. The highest BCUT2D eigenvalue weighted by atomic mass is 32.2. The predicted octanol–water partition coefficient (Wildman–Crippen LogP) is 4.72. The summed E-state index contributed by atoms with van der Waals surface area (Å²) in [4.78, 5) is 26.7. The molecule has 0 spiro atoms. The van der Waals surface area contributed by atoms with E-state index < -0.39 is 0 Å². The maximum Gasteiger partial charge on any atom is 0.251 e. The fourth-order valence-electron chi connectivity index (χ4n) is 3.10. The largest absolute Gasteiger partial charge is 0.351 e. The highest BCUT2D eigenvalue weighted by molar-refractivity contribution is 8.00. The normalized spacial score (nSPS) is 16.9. The summed E-state index contributed by atoms with van der Waals surface area (Å²) < 4.78 is 0.203. The molecule has 0 radical (unpaired) electrons. The topological polar surface area (TPSA) is 49.4 Å². The minimum atomic E-state index is -0.0534. The van der Waals surface area contributed by atoms with E-state index in [1.54, 1.807) is 11.8 Å². The molecule has 1 N–H and O–H groups in total. The van der Waals surface area contributed by atoms with Gasteiger partial charge in [-0.1, -0.05) is 63.2 Å². The van der Waals surface area contributed by atoms with Crippen LogP contribution in [-0.4, -0.2) is 39.5 Å². The van der Waals surface area contributed by atoms with Gasteiger partial charge in [0.1, 0.15) is 5.37 Å². The van der Waals surface area contributed by atoms with Crippen molar-refractivity contribution in [2.24, 2.45) is 0 Å². The quantitative estimate of drug-likeness (QED) is 0.648. The summed E-state index contributed by atoms with van der Waals surface area (Å²) in [5.41, 5.74) is 2.83. The van der Waals surface area contributed by atoms with Gasteiger partial charge in [0.05, 0.1) is 5.75 Å². The number of hydrogen-bond acceptors (Lipinski definition) is 4. The maximum absolute atomic E-state index is 12.4. The van der Waals surface area contributed by atoms with E-state index in [0.717, 1.165) is 16.9 Å². The van der Waals surface area contributed by atoms with Crippen LogP contribution in [0.4, 0.5) is 0 Å². The number of carbonyl (C=O) groups excluding carboxylic acids is 2. The van der Waals surface area contributed by atoms with E-state index in [-0.39, 0.29) is 21.9 Å². The Morgan fingerprint density at radius 2 is 1.83 bits per heavy atom. The molecule has 154 valence electrons. The molecule has 29 heavy (non-hydrogen) atoms. The molecule has 0 saturated carbocycles. The second-order valence-corrected chi connectivity index (χ2v) is 11.0. The number of hydrogen-bond donors (Lipinski definition) is 1. The zero-order valence-electron chi connectivity index (χ0n) is 17.2. The molecule has 1 fully saturated rings. The third-order valence-corrected chi connectivity index (χ3v) is 7.07. The zero-order valence-corrected chi connectivity index (χ0v) is 18.8. The Morgan fingerprint density at radius 1 is 1.14 bits per heavy atom. The van der Waals surface area contributed by atoms with Crippen molar-refractivity contribution in [3.8, 4) is 0 Å². The number of benzene rings is 2.